The van der Waals surface area contributed by atoms with Crippen molar-refractivity contribution in [2.75, 3.05) is 32.1 Å². The monoisotopic (exact) mass is 326 g/mol. The molecule has 0 radical (unpaired) electrons. The Balaban J connectivity index is 1.54. The molecule has 0 saturated heterocycles. The Hall–Kier alpha value is -2.49. The lowest BCUT2D eigenvalue weighted by atomic mass is 10.2. The Morgan fingerprint density at radius 1 is 0.958 bits per heavy atom. The van der Waals surface area contributed by atoms with Gasteiger partial charge in [-0.15, -0.1) is 0 Å². The summed E-state index contributed by atoms with van der Waals surface area (Å²) in [6.07, 6.45) is 2.98. The van der Waals surface area contributed by atoms with E-state index in [1.807, 2.05) is 56.6 Å². The van der Waals surface area contributed by atoms with Crippen molar-refractivity contribution in [2.24, 2.45) is 0 Å². The number of hydrogen-bond acceptors (Lipinski definition) is 3. The first-order valence-corrected chi connectivity index (χ1v) is 8.40. The number of ether oxygens (including phenoxy) is 1. The molecule has 4 nitrogen and oxygen atoms in total. The lowest BCUT2D eigenvalue weighted by Gasteiger charge is -2.13. The summed E-state index contributed by atoms with van der Waals surface area (Å²) in [5.41, 5.74) is 1.87. The topological polar surface area (TPSA) is 41.6 Å². The molecule has 128 valence electrons. The van der Waals surface area contributed by atoms with Crippen LogP contribution in [-0.2, 0) is 0 Å². The van der Waals surface area contributed by atoms with Crippen LogP contribution < -0.4 is 15.0 Å². The first-order valence-electron chi connectivity index (χ1n) is 8.40. The molecule has 0 unspecified atom stereocenters. The maximum absolute atomic E-state index is 11.9. The van der Waals surface area contributed by atoms with Crippen molar-refractivity contribution in [3.05, 3.63) is 60.2 Å². The molecular weight excluding hydrogens is 300 g/mol. The summed E-state index contributed by atoms with van der Waals surface area (Å²) in [5.74, 6) is 0.894. The zero-order chi connectivity index (χ0) is 17.2. The molecule has 1 amide bonds. The lowest BCUT2D eigenvalue weighted by Crippen LogP contribution is -2.24. The molecule has 0 aliphatic rings. The number of carbonyl (C=O) groups is 1. The zero-order valence-corrected chi connectivity index (χ0v) is 14.5. The first kappa shape index (κ1) is 17.9. The van der Waals surface area contributed by atoms with Crippen molar-refractivity contribution >= 4 is 11.6 Å². The molecule has 2 aromatic rings. The number of rotatable bonds is 9. The smallest absolute Gasteiger partial charge is 0.251 e. The van der Waals surface area contributed by atoms with Crippen molar-refractivity contribution in [2.45, 2.75) is 19.3 Å². The van der Waals surface area contributed by atoms with Crippen molar-refractivity contribution in [3.63, 3.8) is 0 Å². The molecule has 0 heterocycles. The normalized spacial score (nSPS) is 10.2. The van der Waals surface area contributed by atoms with Crippen LogP contribution in [0.3, 0.4) is 0 Å². The number of anilines is 1. The Bertz CT molecular complexity index is 609. The van der Waals surface area contributed by atoms with Gasteiger partial charge in [0, 0.05) is 31.9 Å². The highest BCUT2D eigenvalue weighted by Crippen LogP contribution is 2.17. The Kier molecular flexibility index (Phi) is 7.15. The summed E-state index contributed by atoms with van der Waals surface area (Å²) in [7, 11) is 4.04. The maximum Gasteiger partial charge on any atom is 0.251 e. The third kappa shape index (κ3) is 5.95. The zero-order valence-electron chi connectivity index (χ0n) is 14.5. The van der Waals surface area contributed by atoms with Crippen LogP contribution in [0.25, 0.3) is 0 Å². The fourth-order valence-corrected chi connectivity index (χ4v) is 2.33. The van der Waals surface area contributed by atoms with Gasteiger partial charge in [0.2, 0.25) is 0 Å². The van der Waals surface area contributed by atoms with Gasteiger partial charge < -0.3 is 15.0 Å². The summed E-state index contributed by atoms with van der Waals surface area (Å²) in [5, 5.41) is 2.94. The van der Waals surface area contributed by atoms with Gasteiger partial charge in [0.15, 0.2) is 0 Å². The highest BCUT2D eigenvalue weighted by Gasteiger charge is 2.02. The van der Waals surface area contributed by atoms with Crippen LogP contribution in [0, 0.1) is 0 Å². The van der Waals surface area contributed by atoms with Crippen LogP contribution in [0.1, 0.15) is 29.6 Å². The molecule has 0 aliphatic carbocycles. The average Bonchev–Trinajstić information content (AvgIpc) is 2.62. The minimum atomic E-state index is -0.00664. The van der Waals surface area contributed by atoms with E-state index >= 15 is 0 Å². The van der Waals surface area contributed by atoms with Crippen molar-refractivity contribution in [1.82, 2.24) is 5.32 Å². The van der Waals surface area contributed by atoms with Crippen LogP contribution in [0.15, 0.2) is 54.6 Å². The van der Waals surface area contributed by atoms with E-state index in [1.165, 1.54) is 0 Å². The minimum Gasteiger partial charge on any atom is -0.494 e. The van der Waals surface area contributed by atoms with Crippen LogP contribution >= 0.6 is 0 Å². The predicted octanol–water partition coefficient (Wildman–Crippen LogP) is 3.73. The molecule has 0 aromatic heterocycles. The van der Waals surface area contributed by atoms with Gasteiger partial charge in [0.1, 0.15) is 5.75 Å². The molecule has 0 saturated carbocycles. The van der Waals surface area contributed by atoms with Crippen LogP contribution in [-0.4, -0.2) is 33.2 Å². The van der Waals surface area contributed by atoms with Gasteiger partial charge >= 0.3 is 0 Å². The molecule has 24 heavy (non-hydrogen) atoms. The molecule has 2 rings (SSSR count). The molecule has 0 aliphatic heterocycles. The van der Waals surface area contributed by atoms with E-state index in [2.05, 4.69) is 22.3 Å². The largest absolute Gasteiger partial charge is 0.494 e. The molecule has 0 spiro atoms. The van der Waals surface area contributed by atoms with E-state index < -0.39 is 0 Å². The number of unbranched alkanes of at least 4 members (excludes halogenated alkanes) is 2. The maximum atomic E-state index is 11.9. The molecule has 1 N–H and O–H groups in total. The van der Waals surface area contributed by atoms with Crippen molar-refractivity contribution in [1.29, 1.82) is 0 Å². The van der Waals surface area contributed by atoms with Gasteiger partial charge in [0.25, 0.3) is 5.91 Å². The Labute approximate surface area is 144 Å². The molecular formula is C20H26N2O2. The van der Waals surface area contributed by atoms with Crippen molar-refractivity contribution < 1.29 is 9.53 Å². The van der Waals surface area contributed by atoms with Crippen LogP contribution in [0.2, 0.25) is 0 Å². The number of hydrogen-bond donors (Lipinski definition) is 1. The van der Waals surface area contributed by atoms with E-state index in [1.54, 1.807) is 0 Å². The second-order valence-electron chi connectivity index (χ2n) is 5.92. The van der Waals surface area contributed by atoms with E-state index in [0.717, 1.165) is 30.7 Å². The minimum absolute atomic E-state index is 0.00664. The lowest BCUT2D eigenvalue weighted by molar-refractivity contribution is 0.0953. The van der Waals surface area contributed by atoms with Crippen LogP contribution in [0.5, 0.6) is 5.75 Å². The second kappa shape index (κ2) is 9.60. The quantitative estimate of drug-likeness (QED) is 0.714. The molecule has 0 bridgehead atoms. The van der Waals surface area contributed by atoms with Gasteiger partial charge in [-0.05, 0) is 55.7 Å². The van der Waals surface area contributed by atoms with E-state index in [4.69, 9.17) is 4.74 Å². The fourth-order valence-electron chi connectivity index (χ4n) is 2.33. The van der Waals surface area contributed by atoms with E-state index in [-0.39, 0.29) is 5.91 Å². The van der Waals surface area contributed by atoms with Gasteiger partial charge in [-0.3, -0.25) is 4.79 Å². The fraction of sp³-hybridized carbons (Fsp3) is 0.350. The molecule has 0 fully saturated rings. The van der Waals surface area contributed by atoms with Gasteiger partial charge in [-0.2, -0.15) is 0 Å². The number of nitrogens with zero attached hydrogens (tertiary/aromatic N) is 1. The molecule has 0 atom stereocenters. The molecule has 4 heteroatoms. The Morgan fingerprint density at radius 2 is 1.67 bits per heavy atom. The number of nitrogens with one attached hydrogen (secondary N) is 1. The summed E-state index contributed by atoms with van der Waals surface area (Å²) in [4.78, 5) is 13.9. The van der Waals surface area contributed by atoms with Crippen LogP contribution in [0.4, 0.5) is 5.69 Å². The Morgan fingerprint density at radius 3 is 2.33 bits per heavy atom. The van der Waals surface area contributed by atoms with Gasteiger partial charge in [-0.1, -0.05) is 18.2 Å². The van der Waals surface area contributed by atoms with E-state index in [9.17, 15) is 4.79 Å². The number of amides is 1. The summed E-state index contributed by atoms with van der Waals surface area (Å²) in [6, 6.07) is 17.4. The second-order valence-corrected chi connectivity index (χ2v) is 5.92. The average molecular weight is 326 g/mol. The number of benzene rings is 2. The standard InChI is InChI=1S/C20H26N2O2/c1-22(2)18-11-13-19(14-12-18)24-16-8-4-7-15-21-20(23)17-9-5-3-6-10-17/h3,5-6,9-14H,4,7-8,15-16H2,1-2H3,(H,21,23). The van der Waals surface area contributed by atoms with Gasteiger partial charge in [0.05, 0.1) is 6.61 Å². The predicted molar refractivity (Wildman–Crippen MR) is 98.9 cm³/mol. The number of carbonyl (C=O) groups excluding carboxylic acids is 1. The molecule has 2 aromatic carbocycles. The first-order chi connectivity index (χ1) is 11.7. The van der Waals surface area contributed by atoms with Crippen molar-refractivity contribution in [3.8, 4) is 5.75 Å². The summed E-state index contributed by atoms with van der Waals surface area (Å²) >= 11 is 0. The summed E-state index contributed by atoms with van der Waals surface area (Å²) in [6.45, 7) is 1.40. The third-order valence-corrected chi connectivity index (χ3v) is 3.76. The third-order valence-electron chi connectivity index (χ3n) is 3.76. The van der Waals surface area contributed by atoms with Gasteiger partial charge in [-0.25, -0.2) is 0 Å². The highest BCUT2D eigenvalue weighted by molar-refractivity contribution is 5.94. The SMILES string of the molecule is CN(C)c1ccc(OCCCCCNC(=O)c2ccccc2)cc1. The summed E-state index contributed by atoms with van der Waals surface area (Å²) < 4.78 is 5.73. The van der Waals surface area contributed by atoms with E-state index in [0.29, 0.717) is 18.7 Å². The highest BCUT2D eigenvalue weighted by atomic mass is 16.5.